The summed E-state index contributed by atoms with van der Waals surface area (Å²) in [4.78, 5) is 6.31. The first-order valence-electron chi connectivity index (χ1n) is 7.47. The monoisotopic (exact) mass is 293 g/mol. The molecule has 1 saturated heterocycles. The first kappa shape index (κ1) is 14.3. The number of hydrogen-bond acceptors (Lipinski definition) is 3. The number of nitrogens with one attached hydrogen (secondary N) is 1. The molecule has 1 aromatic heterocycles. The highest BCUT2D eigenvalue weighted by atomic mass is 15.2. The minimum Gasteiger partial charge on any atom is -0.370 e. The van der Waals surface area contributed by atoms with Crippen molar-refractivity contribution in [3.8, 4) is 6.07 Å². The molecule has 0 amide bonds. The summed E-state index contributed by atoms with van der Waals surface area (Å²) in [5, 5.41) is 18.0. The molecule has 3 rings (SSSR count). The van der Waals surface area contributed by atoms with Crippen LogP contribution >= 0.6 is 0 Å². The van der Waals surface area contributed by atoms with Crippen LogP contribution in [0.15, 0.2) is 30.5 Å². The first-order valence-corrected chi connectivity index (χ1v) is 7.47. The fourth-order valence-corrected chi connectivity index (χ4v) is 3.41. The van der Waals surface area contributed by atoms with Crippen molar-refractivity contribution in [3.63, 3.8) is 0 Å². The van der Waals surface area contributed by atoms with Gasteiger partial charge in [-0.2, -0.15) is 5.26 Å². The number of nitriles is 1. The molecule has 2 atom stereocenters. The predicted octanol–water partition coefficient (Wildman–Crippen LogP) is 2.43. The van der Waals surface area contributed by atoms with E-state index in [1.807, 2.05) is 29.2 Å². The third kappa shape index (κ3) is 2.48. The van der Waals surface area contributed by atoms with Gasteiger partial charge in [0.05, 0.1) is 11.1 Å². The van der Waals surface area contributed by atoms with Crippen LogP contribution in [-0.2, 0) is 0 Å². The van der Waals surface area contributed by atoms with E-state index >= 15 is 0 Å². The van der Waals surface area contributed by atoms with E-state index in [0.29, 0.717) is 17.4 Å². The van der Waals surface area contributed by atoms with Gasteiger partial charge in [0.1, 0.15) is 6.07 Å². The van der Waals surface area contributed by atoms with E-state index in [4.69, 9.17) is 11.1 Å². The minimum atomic E-state index is 0.132. The van der Waals surface area contributed by atoms with Gasteiger partial charge in [-0.3, -0.25) is 10.4 Å². The summed E-state index contributed by atoms with van der Waals surface area (Å²) in [6, 6.07) is 10.0. The largest absolute Gasteiger partial charge is 0.370 e. The van der Waals surface area contributed by atoms with Gasteiger partial charge >= 0.3 is 0 Å². The van der Waals surface area contributed by atoms with E-state index in [-0.39, 0.29) is 5.96 Å². The highest BCUT2D eigenvalue weighted by Crippen LogP contribution is 2.34. The summed E-state index contributed by atoms with van der Waals surface area (Å²) in [7, 11) is 0. The number of pyridine rings is 1. The molecule has 0 saturated carbocycles. The molecule has 0 radical (unpaired) electrons. The van der Waals surface area contributed by atoms with E-state index in [2.05, 4.69) is 18.0 Å². The van der Waals surface area contributed by atoms with Gasteiger partial charge in [0.15, 0.2) is 5.96 Å². The maximum absolute atomic E-state index is 9.25. The van der Waals surface area contributed by atoms with Crippen molar-refractivity contribution < 1.29 is 0 Å². The standard InChI is InChI=1S/C17H19N5/c1-11-7-13(10-22(9-11)17(19)20)14-5-4-12(8-18)16-15(14)3-2-6-21-16/h2-6,11,13H,7,9-10H2,1H3,(H3,19,20)/t11-,13+/m1/s1. The molecule has 0 unspecified atom stereocenters. The summed E-state index contributed by atoms with van der Waals surface area (Å²) in [5.41, 5.74) is 8.24. The van der Waals surface area contributed by atoms with E-state index < -0.39 is 0 Å². The second-order valence-corrected chi connectivity index (χ2v) is 6.04. The van der Waals surface area contributed by atoms with Crippen LogP contribution in [0.25, 0.3) is 10.9 Å². The molecule has 0 bridgehead atoms. The Bertz CT molecular complexity index is 761. The van der Waals surface area contributed by atoms with Gasteiger partial charge in [-0.15, -0.1) is 0 Å². The molecule has 2 heterocycles. The van der Waals surface area contributed by atoms with E-state index in [9.17, 15) is 5.26 Å². The number of likely N-dealkylation sites (tertiary alicyclic amines) is 1. The van der Waals surface area contributed by atoms with Crippen molar-refractivity contribution in [2.75, 3.05) is 13.1 Å². The SMILES string of the molecule is C[C@@H]1C[C@H](c2ccc(C#N)c3ncccc23)CN(C(=N)N)C1. The molecule has 0 aliphatic carbocycles. The zero-order valence-electron chi connectivity index (χ0n) is 12.6. The van der Waals surface area contributed by atoms with Crippen molar-refractivity contribution in [1.29, 1.82) is 10.7 Å². The summed E-state index contributed by atoms with van der Waals surface area (Å²) in [6.45, 7) is 3.76. The van der Waals surface area contributed by atoms with Crippen LogP contribution in [0.5, 0.6) is 0 Å². The number of rotatable bonds is 1. The van der Waals surface area contributed by atoms with Gasteiger partial charge in [-0.1, -0.05) is 19.1 Å². The van der Waals surface area contributed by atoms with Crippen LogP contribution in [0.3, 0.4) is 0 Å². The van der Waals surface area contributed by atoms with Crippen molar-refractivity contribution in [3.05, 3.63) is 41.6 Å². The Morgan fingerprint density at radius 3 is 2.95 bits per heavy atom. The maximum Gasteiger partial charge on any atom is 0.188 e. The Hall–Kier alpha value is -2.61. The zero-order valence-corrected chi connectivity index (χ0v) is 12.6. The predicted molar refractivity (Wildman–Crippen MR) is 86.5 cm³/mol. The number of nitrogens with two attached hydrogens (primary N) is 1. The van der Waals surface area contributed by atoms with Crippen molar-refractivity contribution >= 4 is 16.9 Å². The van der Waals surface area contributed by atoms with Gasteiger partial charge in [0.2, 0.25) is 0 Å². The zero-order chi connectivity index (χ0) is 15.7. The third-order valence-corrected chi connectivity index (χ3v) is 4.36. The van der Waals surface area contributed by atoms with Crippen LogP contribution < -0.4 is 5.73 Å². The van der Waals surface area contributed by atoms with E-state index in [0.717, 1.165) is 30.4 Å². The van der Waals surface area contributed by atoms with Crippen LogP contribution in [0.2, 0.25) is 0 Å². The average Bonchev–Trinajstić information content (AvgIpc) is 2.53. The fraction of sp³-hybridized carbons (Fsp3) is 0.353. The fourth-order valence-electron chi connectivity index (χ4n) is 3.41. The van der Waals surface area contributed by atoms with Gasteiger partial charge < -0.3 is 10.6 Å². The van der Waals surface area contributed by atoms with Crippen molar-refractivity contribution in [2.45, 2.75) is 19.3 Å². The number of guanidine groups is 1. The summed E-state index contributed by atoms with van der Waals surface area (Å²) in [5.74, 6) is 0.907. The lowest BCUT2D eigenvalue weighted by Crippen LogP contribution is -2.45. The Kier molecular flexibility index (Phi) is 3.68. The summed E-state index contributed by atoms with van der Waals surface area (Å²) < 4.78 is 0. The summed E-state index contributed by atoms with van der Waals surface area (Å²) in [6.07, 6.45) is 2.78. The normalized spacial score (nSPS) is 21.5. The molecule has 3 N–H and O–H groups in total. The molecule has 0 spiro atoms. The molecular weight excluding hydrogens is 274 g/mol. The van der Waals surface area contributed by atoms with Crippen molar-refractivity contribution in [2.24, 2.45) is 11.7 Å². The third-order valence-electron chi connectivity index (χ3n) is 4.36. The maximum atomic E-state index is 9.25. The van der Waals surface area contributed by atoms with Crippen LogP contribution in [0.1, 0.15) is 30.4 Å². The van der Waals surface area contributed by atoms with Crippen molar-refractivity contribution in [1.82, 2.24) is 9.88 Å². The molecule has 1 aliphatic heterocycles. The van der Waals surface area contributed by atoms with E-state index in [1.165, 1.54) is 5.56 Å². The number of piperidine rings is 1. The minimum absolute atomic E-state index is 0.132. The number of fused-ring (bicyclic) bond motifs is 1. The van der Waals surface area contributed by atoms with E-state index in [1.54, 1.807) is 6.20 Å². The smallest absolute Gasteiger partial charge is 0.188 e. The Balaban J connectivity index is 2.07. The molecule has 112 valence electrons. The second-order valence-electron chi connectivity index (χ2n) is 6.04. The van der Waals surface area contributed by atoms with Gasteiger partial charge in [-0.25, -0.2) is 0 Å². The molecule has 1 fully saturated rings. The Morgan fingerprint density at radius 2 is 2.23 bits per heavy atom. The summed E-state index contributed by atoms with van der Waals surface area (Å²) >= 11 is 0. The number of benzene rings is 1. The van der Waals surface area contributed by atoms with Gasteiger partial charge in [0.25, 0.3) is 0 Å². The van der Waals surface area contributed by atoms with Crippen LogP contribution in [0.4, 0.5) is 0 Å². The molecule has 5 nitrogen and oxygen atoms in total. The molecule has 22 heavy (non-hydrogen) atoms. The highest BCUT2D eigenvalue weighted by molar-refractivity contribution is 5.87. The first-order chi connectivity index (χ1) is 10.6. The number of aromatic nitrogens is 1. The Labute approximate surface area is 129 Å². The van der Waals surface area contributed by atoms with Crippen LogP contribution in [-0.4, -0.2) is 28.9 Å². The highest BCUT2D eigenvalue weighted by Gasteiger charge is 2.28. The molecule has 1 aliphatic rings. The average molecular weight is 293 g/mol. The van der Waals surface area contributed by atoms with Gasteiger partial charge in [0, 0.05) is 30.6 Å². The lowest BCUT2D eigenvalue weighted by molar-refractivity contribution is 0.242. The molecule has 2 aromatic rings. The second kappa shape index (κ2) is 5.64. The lowest BCUT2D eigenvalue weighted by Gasteiger charge is -2.37. The lowest BCUT2D eigenvalue weighted by atomic mass is 9.83. The number of nitrogens with zero attached hydrogens (tertiary/aromatic N) is 3. The quantitative estimate of drug-likeness (QED) is 0.624. The molecule has 1 aromatic carbocycles. The molecule has 5 heteroatoms. The van der Waals surface area contributed by atoms with Gasteiger partial charge in [-0.05, 0) is 30.0 Å². The molecular formula is C17H19N5. The topological polar surface area (TPSA) is 89.8 Å². The van der Waals surface area contributed by atoms with Crippen LogP contribution in [0, 0.1) is 22.7 Å². The Morgan fingerprint density at radius 1 is 1.41 bits per heavy atom. The number of hydrogen-bond donors (Lipinski definition) is 2.